The van der Waals surface area contributed by atoms with Gasteiger partial charge < -0.3 is 20.1 Å². The van der Waals surface area contributed by atoms with Crippen molar-refractivity contribution in [2.24, 2.45) is 0 Å². The molecule has 8 nitrogen and oxygen atoms in total. The van der Waals surface area contributed by atoms with Crippen LogP contribution in [0.4, 0.5) is 5.95 Å². The third kappa shape index (κ3) is 3.91. The number of amides is 1. The van der Waals surface area contributed by atoms with Crippen LogP contribution >= 0.6 is 0 Å². The van der Waals surface area contributed by atoms with Crippen LogP contribution in [-0.4, -0.2) is 82.1 Å². The second kappa shape index (κ2) is 8.55. The van der Waals surface area contributed by atoms with Gasteiger partial charge in [0.25, 0.3) is 5.91 Å². The van der Waals surface area contributed by atoms with Crippen LogP contribution in [0.1, 0.15) is 68.3 Å². The molecule has 0 atom stereocenters. The third-order valence-corrected chi connectivity index (χ3v) is 8.69. The molecule has 0 unspecified atom stereocenters. The van der Waals surface area contributed by atoms with Crippen LogP contribution in [0.2, 0.25) is 0 Å². The Labute approximate surface area is 196 Å². The van der Waals surface area contributed by atoms with E-state index in [0.29, 0.717) is 18.5 Å². The SMILES string of the molecule is CN1CCN([C@H]2CC[C@H](Nc3ncc4cc5n(c4n3)C3(CCCCC3)CNC5=O)CC2)CC1. The van der Waals surface area contributed by atoms with Gasteiger partial charge in [0.2, 0.25) is 5.95 Å². The maximum Gasteiger partial charge on any atom is 0.268 e. The molecule has 6 rings (SSSR count). The molecule has 1 amide bonds. The Kier molecular flexibility index (Phi) is 5.53. The van der Waals surface area contributed by atoms with E-state index in [0.717, 1.165) is 48.5 Å². The normalized spacial score (nSPS) is 28.6. The van der Waals surface area contributed by atoms with Crippen LogP contribution in [0.15, 0.2) is 12.3 Å². The Morgan fingerprint density at radius 1 is 1.06 bits per heavy atom. The van der Waals surface area contributed by atoms with Gasteiger partial charge in [-0.25, -0.2) is 4.98 Å². The monoisotopic (exact) mass is 451 g/mol. The molecule has 8 heteroatoms. The Morgan fingerprint density at radius 2 is 1.82 bits per heavy atom. The summed E-state index contributed by atoms with van der Waals surface area (Å²) in [5.74, 6) is 0.726. The number of aromatic nitrogens is 3. The van der Waals surface area contributed by atoms with Crippen molar-refractivity contribution in [3.8, 4) is 0 Å². The summed E-state index contributed by atoms with van der Waals surface area (Å²) < 4.78 is 2.26. The molecule has 2 aromatic rings. The van der Waals surface area contributed by atoms with Crippen LogP contribution < -0.4 is 10.6 Å². The van der Waals surface area contributed by atoms with E-state index >= 15 is 0 Å². The van der Waals surface area contributed by atoms with Gasteiger partial charge >= 0.3 is 0 Å². The number of rotatable bonds is 3. The maximum atomic E-state index is 12.7. The summed E-state index contributed by atoms with van der Waals surface area (Å²) in [5.41, 5.74) is 1.64. The number of hydrogen-bond acceptors (Lipinski definition) is 6. The number of fused-ring (bicyclic) bond motifs is 4. The van der Waals surface area contributed by atoms with E-state index < -0.39 is 0 Å². The molecule has 178 valence electrons. The lowest BCUT2D eigenvalue weighted by molar-refractivity contribution is 0.0833. The molecule has 0 aromatic carbocycles. The lowest BCUT2D eigenvalue weighted by Crippen LogP contribution is -2.52. The first kappa shape index (κ1) is 21.4. The van der Waals surface area contributed by atoms with Crippen LogP contribution in [0.3, 0.4) is 0 Å². The van der Waals surface area contributed by atoms with Gasteiger partial charge in [0.1, 0.15) is 11.3 Å². The molecule has 2 aliphatic heterocycles. The predicted octanol–water partition coefficient (Wildman–Crippen LogP) is 2.80. The van der Waals surface area contributed by atoms with Gasteiger partial charge in [-0.05, 0) is 51.6 Å². The summed E-state index contributed by atoms with van der Waals surface area (Å²) in [6.45, 7) is 5.49. The number of piperazine rings is 1. The smallest absolute Gasteiger partial charge is 0.268 e. The molecule has 0 bridgehead atoms. The van der Waals surface area contributed by atoms with E-state index in [1.165, 1.54) is 58.3 Å². The van der Waals surface area contributed by atoms with Gasteiger partial charge in [-0.3, -0.25) is 9.69 Å². The van der Waals surface area contributed by atoms with Crippen LogP contribution in [-0.2, 0) is 5.54 Å². The predicted molar refractivity (Wildman–Crippen MR) is 130 cm³/mol. The van der Waals surface area contributed by atoms with Crippen molar-refractivity contribution in [3.05, 3.63) is 18.0 Å². The number of hydrogen-bond donors (Lipinski definition) is 2. The fourth-order valence-corrected chi connectivity index (χ4v) is 6.69. The Balaban J connectivity index is 1.19. The lowest BCUT2D eigenvalue weighted by Gasteiger charge is -2.43. The van der Waals surface area contributed by atoms with Crippen molar-refractivity contribution in [1.29, 1.82) is 0 Å². The van der Waals surface area contributed by atoms with E-state index in [1.54, 1.807) is 0 Å². The van der Waals surface area contributed by atoms with Crippen molar-refractivity contribution in [2.45, 2.75) is 75.4 Å². The van der Waals surface area contributed by atoms with Gasteiger partial charge in [-0.1, -0.05) is 19.3 Å². The average molecular weight is 452 g/mol. The Morgan fingerprint density at radius 3 is 2.58 bits per heavy atom. The molecule has 1 saturated heterocycles. The third-order valence-electron chi connectivity index (χ3n) is 8.69. The average Bonchev–Trinajstić information content (AvgIpc) is 3.24. The fraction of sp³-hybridized carbons (Fsp3) is 0.720. The minimum absolute atomic E-state index is 0.0148. The van der Waals surface area contributed by atoms with Crippen LogP contribution in [0, 0.1) is 0 Å². The number of carbonyl (C=O) groups excluding carboxylic acids is 1. The van der Waals surface area contributed by atoms with Crippen LogP contribution in [0.25, 0.3) is 11.0 Å². The molecule has 2 aliphatic carbocycles. The highest BCUT2D eigenvalue weighted by Gasteiger charge is 2.41. The second-order valence-corrected chi connectivity index (χ2v) is 10.8. The molecule has 3 fully saturated rings. The minimum atomic E-state index is -0.0323. The Bertz CT molecular complexity index is 1010. The molecule has 4 heterocycles. The summed E-state index contributed by atoms with van der Waals surface area (Å²) in [4.78, 5) is 27.4. The number of nitrogens with one attached hydrogen (secondary N) is 2. The van der Waals surface area contributed by atoms with Gasteiger partial charge in [0.05, 0.1) is 5.54 Å². The molecule has 2 aromatic heterocycles. The first-order valence-electron chi connectivity index (χ1n) is 13.0. The van der Waals surface area contributed by atoms with E-state index in [1.807, 2.05) is 12.3 Å². The van der Waals surface area contributed by atoms with E-state index in [9.17, 15) is 4.79 Å². The van der Waals surface area contributed by atoms with Gasteiger partial charge in [-0.2, -0.15) is 4.98 Å². The van der Waals surface area contributed by atoms with Crippen molar-refractivity contribution in [2.75, 3.05) is 45.1 Å². The molecule has 2 N–H and O–H groups in total. The van der Waals surface area contributed by atoms with Gasteiger partial charge in [-0.15, -0.1) is 0 Å². The zero-order chi connectivity index (χ0) is 22.4. The van der Waals surface area contributed by atoms with Gasteiger partial charge in [0.15, 0.2) is 0 Å². The topological polar surface area (TPSA) is 78.3 Å². The molecule has 1 spiro atoms. The summed E-state index contributed by atoms with van der Waals surface area (Å²) in [6, 6.07) is 3.13. The summed E-state index contributed by atoms with van der Waals surface area (Å²) in [6.07, 6.45) is 12.6. The highest BCUT2D eigenvalue weighted by Crippen LogP contribution is 2.40. The first-order valence-corrected chi connectivity index (χ1v) is 13.0. The highest BCUT2D eigenvalue weighted by molar-refractivity contribution is 5.99. The van der Waals surface area contributed by atoms with Crippen molar-refractivity contribution < 1.29 is 4.79 Å². The molecule has 2 saturated carbocycles. The summed E-state index contributed by atoms with van der Waals surface area (Å²) in [5, 5.41) is 7.75. The standard InChI is InChI=1S/C25H37N7O/c1-30-11-13-31(14-12-30)20-7-5-19(6-8-20)28-24-26-16-18-15-21-23(33)27-17-25(9-3-2-4-10-25)32(21)22(18)29-24/h15-16,19-20H,2-14,17H2,1H3,(H,27,33)(H,26,28,29)/t19-,20-. The Hall–Kier alpha value is -2.19. The summed E-state index contributed by atoms with van der Waals surface area (Å²) >= 11 is 0. The molecular weight excluding hydrogens is 414 g/mol. The lowest BCUT2D eigenvalue weighted by atomic mass is 9.80. The number of likely N-dealkylation sites (N-methyl/N-ethyl adjacent to an activating group) is 1. The zero-order valence-electron chi connectivity index (χ0n) is 19.9. The number of nitrogens with zero attached hydrogens (tertiary/aromatic N) is 5. The molecule has 33 heavy (non-hydrogen) atoms. The first-order chi connectivity index (χ1) is 16.1. The van der Waals surface area contributed by atoms with Crippen molar-refractivity contribution in [3.63, 3.8) is 0 Å². The fourth-order valence-electron chi connectivity index (χ4n) is 6.69. The quantitative estimate of drug-likeness (QED) is 0.747. The van der Waals surface area contributed by atoms with Crippen molar-refractivity contribution >= 4 is 22.9 Å². The molecular formula is C25H37N7O. The number of anilines is 1. The van der Waals surface area contributed by atoms with E-state index in [4.69, 9.17) is 4.98 Å². The zero-order valence-corrected chi connectivity index (χ0v) is 19.9. The van der Waals surface area contributed by atoms with E-state index in [2.05, 4.69) is 37.0 Å². The highest BCUT2D eigenvalue weighted by atomic mass is 16.2. The molecule has 4 aliphatic rings. The van der Waals surface area contributed by atoms with Crippen molar-refractivity contribution in [1.82, 2.24) is 29.7 Å². The molecule has 0 radical (unpaired) electrons. The number of carbonyl (C=O) groups is 1. The van der Waals surface area contributed by atoms with E-state index in [-0.39, 0.29) is 11.4 Å². The largest absolute Gasteiger partial charge is 0.351 e. The second-order valence-electron chi connectivity index (χ2n) is 10.8. The van der Waals surface area contributed by atoms with Gasteiger partial charge in [0, 0.05) is 56.4 Å². The van der Waals surface area contributed by atoms with Crippen LogP contribution in [0.5, 0.6) is 0 Å². The maximum absolute atomic E-state index is 12.7. The summed E-state index contributed by atoms with van der Waals surface area (Å²) in [7, 11) is 2.22. The minimum Gasteiger partial charge on any atom is -0.351 e.